The standard InChI is InChI=1S/C14H8BrClN2OS/c15-9-1-4-12(19)8(5-9)7-17-14-18-11-3-2-10(16)6-13(11)20-14/h1-7,19H. The molecule has 1 aromatic heterocycles. The average molecular weight is 368 g/mol. The van der Waals surface area contributed by atoms with Crippen molar-refractivity contribution in [3.8, 4) is 5.75 Å². The van der Waals surface area contributed by atoms with Gasteiger partial charge >= 0.3 is 0 Å². The van der Waals surface area contributed by atoms with Crippen molar-refractivity contribution in [2.75, 3.05) is 0 Å². The molecule has 1 N–H and O–H groups in total. The zero-order valence-corrected chi connectivity index (χ0v) is 13.2. The summed E-state index contributed by atoms with van der Waals surface area (Å²) >= 11 is 10.8. The first kappa shape index (κ1) is 13.5. The first-order chi connectivity index (χ1) is 9.61. The van der Waals surface area contributed by atoms with Crippen LogP contribution < -0.4 is 0 Å². The number of aromatic nitrogens is 1. The molecule has 3 rings (SSSR count). The molecule has 2 aromatic carbocycles. The molecular formula is C14H8BrClN2OS. The van der Waals surface area contributed by atoms with Gasteiger partial charge in [0.2, 0.25) is 5.13 Å². The fraction of sp³-hybridized carbons (Fsp3) is 0. The van der Waals surface area contributed by atoms with Crippen molar-refractivity contribution in [3.05, 3.63) is 51.5 Å². The minimum atomic E-state index is 0.182. The maximum Gasteiger partial charge on any atom is 0.210 e. The van der Waals surface area contributed by atoms with Crippen molar-refractivity contribution in [3.63, 3.8) is 0 Å². The van der Waals surface area contributed by atoms with Crippen molar-refractivity contribution < 1.29 is 5.11 Å². The van der Waals surface area contributed by atoms with Crippen LogP contribution in [-0.4, -0.2) is 16.3 Å². The molecule has 0 atom stereocenters. The van der Waals surface area contributed by atoms with Crippen LogP contribution in [-0.2, 0) is 0 Å². The van der Waals surface area contributed by atoms with Gasteiger partial charge in [0.15, 0.2) is 0 Å². The van der Waals surface area contributed by atoms with Gasteiger partial charge in [0.05, 0.1) is 10.2 Å². The third kappa shape index (κ3) is 2.85. The van der Waals surface area contributed by atoms with E-state index in [4.69, 9.17) is 11.6 Å². The van der Waals surface area contributed by atoms with Gasteiger partial charge in [-0.2, -0.15) is 0 Å². The maximum absolute atomic E-state index is 9.74. The van der Waals surface area contributed by atoms with Gasteiger partial charge in [-0.05, 0) is 36.4 Å². The molecule has 0 aliphatic carbocycles. The van der Waals surface area contributed by atoms with Crippen LogP contribution >= 0.6 is 38.9 Å². The molecule has 100 valence electrons. The number of aliphatic imine (C=N–C) groups is 1. The van der Waals surface area contributed by atoms with Gasteiger partial charge in [0, 0.05) is 21.3 Å². The molecule has 0 aliphatic rings. The predicted molar refractivity (Wildman–Crippen MR) is 87.7 cm³/mol. The third-order valence-corrected chi connectivity index (χ3v) is 4.30. The molecule has 20 heavy (non-hydrogen) atoms. The van der Waals surface area contributed by atoms with Crippen molar-refractivity contribution in [1.29, 1.82) is 0 Å². The van der Waals surface area contributed by atoms with Gasteiger partial charge in [0.25, 0.3) is 0 Å². The SMILES string of the molecule is Oc1ccc(Br)cc1C=Nc1nc2ccc(Cl)cc2s1. The summed E-state index contributed by atoms with van der Waals surface area (Å²) in [5.41, 5.74) is 1.50. The lowest BCUT2D eigenvalue weighted by molar-refractivity contribution is 0.474. The zero-order valence-electron chi connectivity index (χ0n) is 10.0. The molecule has 0 bridgehead atoms. The summed E-state index contributed by atoms with van der Waals surface area (Å²) < 4.78 is 1.87. The lowest BCUT2D eigenvalue weighted by Crippen LogP contribution is -1.81. The van der Waals surface area contributed by atoms with Crippen LogP contribution in [0.4, 0.5) is 5.13 Å². The van der Waals surface area contributed by atoms with Gasteiger partial charge in [0.1, 0.15) is 5.75 Å². The lowest BCUT2D eigenvalue weighted by atomic mass is 10.2. The Morgan fingerprint density at radius 3 is 2.95 bits per heavy atom. The smallest absolute Gasteiger partial charge is 0.210 e. The van der Waals surface area contributed by atoms with Crippen LogP contribution in [0.15, 0.2) is 45.9 Å². The van der Waals surface area contributed by atoms with Crippen LogP contribution in [0, 0.1) is 0 Å². The van der Waals surface area contributed by atoms with Gasteiger partial charge < -0.3 is 5.11 Å². The summed E-state index contributed by atoms with van der Waals surface area (Å²) in [4.78, 5) is 8.69. The first-order valence-electron chi connectivity index (χ1n) is 5.70. The van der Waals surface area contributed by atoms with Gasteiger partial charge in [-0.3, -0.25) is 0 Å². The van der Waals surface area contributed by atoms with Crippen LogP contribution in [0.1, 0.15) is 5.56 Å². The Balaban J connectivity index is 1.96. The fourth-order valence-corrected chi connectivity index (χ4v) is 3.16. The highest BCUT2D eigenvalue weighted by Gasteiger charge is 2.04. The number of fused-ring (bicyclic) bond motifs is 1. The van der Waals surface area contributed by atoms with E-state index in [9.17, 15) is 5.11 Å². The van der Waals surface area contributed by atoms with E-state index in [2.05, 4.69) is 25.9 Å². The number of halogens is 2. The molecule has 0 saturated carbocycles. The Kier molecular flexibility index (Phi) is 3.74. The van der Waals surface area contributed by atoms with E-state index in [1.165, 1.54) is 11.3 Å². The number of hydrogen-bond acceptors (Lipinski definition) is 4. The third-order valence-electron chi connectivity index (χ3n) is 2.64. The van der Waals surface area contributed by atoms with E-state index in [1.807, 2.05) is 12.1 Å². The average Bonchev–Trinajstić information content (AvgIpc) is 2.81. The summed E-state index contributed by atoms with van der Waals surface area (Å²) in [6, 6.07) is 10.7. The Morgan fingerprint density at radius 1 is 1.25 bits per heavy atom. The number of rotatable bonds is 2. The maximum atomic E-state index is 9.74. The number of thiazole rings is 1. The van der Waals surface area contributed by atoms with Crippen molar-refractivity contribution in [2.24, 2.45) is 4.99 Å². The molecule has 0 unspecified atom stereocenters. The highest BCUT2D eigenvalue weighted by molar-refractivity contribution is 9.10. The molecule has 1 heterocycles. The van der Waals surface area contributed by atoms with E-state index >= 15 is 0 Å². The predicted octanol–water partition coefficient (Wildman–Crippen LogP) is 5.17. The molecule has 3 aromatic rings. The van der Waals surface area contributed by atoms with E-state index in [-0.39, 0.29) is 5.75 Å². The van der Waals surface area contributed by atoms with Gasteiger partial charge in [-0.15, -0.1) is 0 Å². The second-order valence-corrected chi connectivity index (χ2v) is 6.43. The highest BCUT2D eigenvalue weighted by Crippen LogP contribution is 2.30. The van der Waals surface area contributed by atoms with Gasteiger partial charge in [-0.1, -0.05) is 38.9 Å². The highest BCUT2D eigenvalue weighted by atomic mass is 79.9. The Hall–Kier alpha value is -1.43. The number of phenols is 1. The van der Waals surface area contributed by atoms with Crippen LogP contribution in [0.25, 0.3) is 10.2 Å². The monoisotopic (exact) mass is 366 g/mol. The number of phenolic OH excluding ortho intramolecular Hbond substituents is 1. The molecular weight excluding hydrogens is 360 g/mol. The number of nitrogens with zero attached hydrogens (tertiary/aromatic N) is 2. The minimum absolute atomic E-state index is 0.182. The second-order valence-electron chi connectivity index (χ2n) is 4.07. The molecule has 3 nitrogen and oxygen atoms in total. The zero-order chi connectivity index (χ0) is 14.1. The topological polar surface area (TPSA) is 45.5 Å². The molecule has 0 radical (unpaired) electrons. The first-order valence-corrected chi connectivity index (χ1v) is 7.69. The Morgan fingerprint density at radius 2 is 2.10 bits per heavy atom. The van der Waals surface area contributed by atoms with E-state index in [0.717, 1.165) is 14.7 Å². The molecule has 0 spiro atoms. The number of benzene rings is 2. The number of aromatic hydroxyl groups is 1. The van der Waals surface area contributed by atoms with E-state index < -0.39 is 0 Å². The summed E-state index contributed by atoms with van der Waals surface area (Å²) in [7, 11) is 0. The fourth-order valence-electron chi connectivity index (χ4n) is 1.70. The quantitative estimate of drug-likeness (QED) is 0.635. The second kappa shape index (κ2) is 5.52. The summed E-state index contributed by atoms with van der Waals surface area (Å²) in [5.74, 6) is 0.182. The van der Waals surface area contributed by atoms with E-state index in [0.29, 0.717) is 15.7 Å². The van der Waals surface area contributed by atoms with Crippen LogP contribution in [0.2, 0.25) is 5.02 Å². The van der Waals surface area contributed by atoms with Crippen molar-refractivity contribution in [2.45, 2.75) is 0 Å². The van der Waals surface area contributed by atoms with E-state index in [1.54, 1.807) is 30.5 Å². The van der Waals surface area contributed by atoms with Crippen LogP contribution in [0.3, 0.4) is 0 Å². The number of hydrogen-bond donors (Lipinski definition) is 1. The summed E-state index contributed by atoms with van der Waals surface area (Å²) in [6.07, 6.45) is 1.60. The lowest BCUT2D eigenvalue weighted by Gasteiger charge is -1.97. The normalized spacial score (nSPS) is 11.5. The van der Waals surface area contributed by atoms with Crippen molar-refractivity contribution in [1.82, 2.24) is 4.98 Å². The Labute approximate surface area is 132 Å². The Bertz CT molecular complexity index is 816. The molecule has 6 heteroatoms. The van der Waals surface area contributed by atoms with Crippen LogP contribution in [0.5, 0.6) is 5.75 Å². The summed E-state index contributed by atoms with van der Waals surface area (Å²) in [6.45, 7) is 0. The minimum Gasteiger partial charge on any atom is -0.507 e. The summed E-state index contributed by atoms with van der Waals surface area (Å²) in [5, 5.41) is 11.1. The van der Waals surface area contributed by atoms with Crippen molar-refractivity contribution >= 4 is 60.4 Å². The van der Waals surface area contributed by atoms with Gasteiger partial charge in [-0.25, -0.2) is 9.98 Å². The molecule has 0 amide bonds. The molecule has 0 fully saturated rings. The molecule has 0 saturated heterocycles. The molecule has 0 aliphatic heterocycles. The largest absolute Gasteiger partial charge is 0.507 e.